The van der Waals surface area contributed by atoms with Crippen molar-refractivity contribution in [3.63, 3.8) is 0 Å². The SMILES string of the molecule is O=C(O)CCC(NC(=O)CCCC1CCOCC1)c1ccccc1. The van der Waals surface area contributed by atoms with Crippen molar-refractivity contribution in [2.24, 2.45) is 5.92 Å². The molecule has 1 saturated heterocycles. The number of ether oxygens (including phenoxy) is 1. The van der Waals surface area contributed by atoms with Crippen LogP contribution in [0.1, 0.15) is 56.6 Å². The Hall–Kier alpha value is -1.88. The van der Waals surface area contributed by atoms with Gasteiger partial charge < -0.3 is 15.2 Å². The van der Waals surface area contributed by atoms with Gasteiger partial charge in [-0.05, 0) is 43.6 Å². The highest BCUT2D eigenvalue weighted by atomic mass is 16.5. The lowest BCUT2D eigenvalue weighted by Gasteiger charge is -2.22. The maximum atomic E-state index is 12.2. The Bertz CT molecular complexity index is 511. The molecule has 0 radical (unpaired) electrons. The van der Waals surface area contributed by atoms with Crippen LogP contribution in [0.3, 0.4) is 0 Å². The Balaban J connectivity index is 1.79. The van der Waals surface area contributed by atoms with Crippen molar-refractivity contribution in [3.05, 3.63) is 35.9 Å². The van der Waals surface area contributed by atoms with E-state index in [9.17, 15) is 9.59 Å². The number of carboxylic acids is 1. The van der Waals surface area contributed by atoms with Crippen molar-refractivity contribution in [3.8, 4) is 0 Å². The smallest absolute Gasteiger partial charge is 0.303 e. The van der Waals surface area contributed by atoms with Crippen LogP contribution in [0.4, 0.5) is 0 Å². The van der Waals surface area contributed by atoms with E-state index in [1.54, 1.807) is 0 Å². The maximum absolute atomic E-state index is 12.2. The molecule has 1 aromatic carbocycles. The average molecular weight is 333 g/mol. The minimum absolute atomic E-state index is 0.00120. The fourth-order valence-electron chi connectivity index (χ4n) is 3.13. The predicted molar refractivity (Wildman–Crippen MR) is 91.6 cm³/mol. The van der Waals surface area contributed by atoms with Crippen molar-refractivity contribution < 1.29 is 19.4 Å². The van der Waals surface area contributed by atoms with Crippen molar-refractivity contribution in [1.29, 1.82) is 0 Å². The standard InChI is InChI=1S/C19H27NO4/c21-18(8-4-5-15-11-13-24-14-12-15)20-17(9-10-19(22)23)16-6-2-1-3-7-16/h1-3,6-7,15,17H,4-5,8-14H2,(H,20,21)(H,22,23). The molecule has 1 amide bonds. The van der Waals surface area contributed by atoms with Gasteiger partial charge in [0.05, 0.1) is 6.04 Å². The van der Waals surface area contributed by atoms with Crippen molar-refractivity contribution in [1.82, 2.24) is 5.32 Å². The fraction of sp³-hybridized carbons (Fsp3) is 0.579. The van der Waals surface area contributed by atoms with E-state index in [-0.39, 0.29) is 18.4 Å². The number of hydrogen-bond donors (Lipinski definition) is 2. The summed E-state index contributed by atoms with van der Waals surface area (Å²) in [4.78, 5) is 23.1. The molecule has 0 bridgehead atoms. The van der Waals surface area contributed by atoms with Crippen LogP contribution < -0.4 is 5.32 Å². The molecular formula is C19H27NO4. The molecule has 0 aromatic heterocycles. The fourth-order valence-corrected chi connectivity index (χ4v) is 3.13. The highest BCUT2D eigenvalue weighted by Gasteiger charge is 2.17. The molecule has 1 atom stereocenters. The summed E-state index contributed by atoms with van der Waals surface area (Å²) in [6, 6.07) is 9.33. The van der Waals surface area contributed by atoms with Gasteiger partial charge in [-0.2, -0.15) is 0 Å². The number of carbonyl (C=O) groups is 2. The third kappa shape index (κ3) is 6.71. The Morgan fingerprint density at radius 3 is 2.54 bits per heavy atom. The molecule has 24 heavy (non-hydrogen) atoms. The lowest BCUT2D eigenvalue weighted by molar-refractivity contribution is -0.137. The van der Waals surface area contributed by atoms with Crippen molar-refractivity contribution in [2.45, 2.75) is 51.0 Å². The van der Waals surface area contributed by atoms with Gasteiger partial charge in [-0.1, -0.05) is 30.3 Å². The molecule has 132 valence electrons. The van der Waals surface area contributed by atoms with Gasteiger partial charge in [0, 0.05) is 26.1 Å². The lowest BCUT2D eigenvalue weighted by Crippen LogP contribution is -2.29. The van der Waals surface area contributed by atoms with Gasteiger partial charge >= 0.3 is 5.97 Å². The average Bonchev–Trinajstić information content (AvgIpc) is 2.60. The van der Waals surface area contributed by atoms with E-state index in [1.807, 2.05) is 30.3 Å². The molecule has 0 spiro atoms. The topological polar surface area (TPSA) is 75.6 Å². The molecule has 1 aliphatic rings. The van der Waals surface area contributed by atoms with Crippen LogP contribution >= 0.6 is 0 Å². The van der Waals surface area contributed by atoms with Crippen LogP contribution in [-0.4, -0.2) is 30.2 Å². The summed E-state index contributed by atoms with van der Waals surface area (Å²) in [5, 5.41) is 11.9. The molecule has 0 saturated carbocycles. The number of benzene rings is 1. The molecule has 0 aliphatic carbocycles. The van der Waals surface area contributed by atoms with Crippen LogP contribution in [0.2, 0.25) is 0 Å². The van der Waals surface area contributed by atoms with E-state index >= 15 is 0 Å². The van der Waals surface area contributed by atoms with E-state index in [1.165, 1.54) is 0 Å². The van der Waals surface area contributed by atoms with Crippen LogP contribution in [0.25, 0.3) is 0 Å². The molecule has 1 unspecified atom stereocenters. The highest BCUT2D eigenvalue weighted by molar-refractivity contribution is 5.76. The normalized spacial score (nSPS) is 16.5. The van der Waals surface area contributed by atoms with Crippen molar-refractivity contribution in [2.75, 3.05) is 13.2 Å². The summed E-state index contributed by atoms with van der Waals surface area (Å²) in [5.41, 5.74) is 0.955. The first-order valence-corrected chi connectivity index (χ1v) is 8.79. The monoisotopic (exact) mass is 333 g/mol. The minimum Gasteiger partial charge on any atom is -0.481 e. The summed E-state index contributed by atoms with van der Waals surface area (Å²) in [6.07, 6.45) is 5.05. The predicted octanol–water partition coefficient (Wildman–Crippen LogP) is 3.31. The number of carboxylic acid groups (broad SMARTS) is 1. The zero-order valence-electron chi connectivity index (χ0n) is 14.1. The number of amides is 1. The lowest BCUT2D eigenvalue weighted by atomic mass is 9.94. The molecule has 1 heterocycles. The molecule has 1 fully saturated rings. The molecule has 2 rings (SSSR count). The van der Waals surface area contributed by atoms with Gasteiger partial charge in [0.2, 0.25) is 5.91 Å². The summed E-state index contributed by atoms with van der Waals surface area (Å²) in [7, 11) is 0. The molecule has 2 N–H and O–H groups in total. The van der Waals surface area contributed by atoms with E-state index < -0.39 is 5.97 Å². The molecule has 5 nitrogen and oxygen atoms in total. The first-order valence-electron chi connectivity index (χ1n) is 8.79. The number of nitrogens with one attached hydrogen (secondary N) is 1. The molecule has 5 heteroatoms. The molecule has 1 aliphatic heterocycles. The maximum Gasteiger partial charge on any atom is 0.303 e. The van der Waals surface area contributed by atoms with Crippen LogP contribution in [0, 0.1) is 5.92 Å². The van der Waals surface area contributed by atoms with Crippen LogP contribution in [-0.2, 0) is 14.3 Å². The first-order chi connectivity index (χ1) is 11.6. The summed E-state index contributed by atoms with van der Waals surface area (Å²) < 4.78 is 5.35. The Kier molecular flexibility index (Phi) is 7.75. The number of rotatable bonds is 9. The van der Waals surface area contributed by atoms with Crippen molar-refractivity contribution >= 4 is 11.9 Å². The zero-order valence-corrected chi connectivity index (χ0v) is 14.1. The van der Waals surface area contributed by atoms with E-state index in [4.69, 9.17) is 9.84 Å². The van der Waals surface area contributed by atoms with Crippen LogP contribution in [0.15, 0.2) is 30.3 Å². The van der Waals surface area contributed by atoms with Gasteiger partial charge in [0.25, 0.3) is 0 Å². The second-order valence-corrected chi connectivity index (χ2v) is 6.41. The largest absolute Gasteiger partial charge is 0.481 e. The van der Waals surface area contributed by atoms with Gasteiger partial charge in [0.15, 0.2) is 0 Å². The Labute approximate surface area is 143 Å². The quantitative estimate of drug-likeness (QED) is 0.727. The molecular weight excluding hydrogens is 306 g/mol. The first kappa shape index (κ1) is 18.5. The third-order valence-electron chi connectivity index (χ3n) is 4.54. The van der Waals surface area contributed by atoms with Gasteiger partial charge in [-0.15, -0.1) is 0 Å². The van der Waals surface area contributed by atoms with Gasteiger partial charge in [0.1, 0.15) is 0 Å². The number of aliphatic carboxylic acids is 1. The van der Waals surface area contributed by atoms with E-state index in [2.05, 4.69) is 5.32 Å². The second kappa shape index (κ2) is 10.1. The molecule has 1 aromatic rings. The highest BCUT2D eigenvalue weighted by Crippen LogP contribution is 2.22. The van der Waals surface area contributed by atoms with Crippen LogP contribution in [0.5, 0.6) is 0 Å². The Morgan fingerprint density at radius 2 is 1.88 bits per heavy atom. The van der Waals surface area contributed by atoms with Gasteiger partial charge in [-0.3, -0.25) is 9.59 Å². The van der Waals surface area contributed by atoms with Gasteiger partial charge in [-0.25, -0.2) is 0 Å². The number of hydrogen-bond acceptors (Lipinski definition) is 3. The zero-order chi connectivity index (χ0) is 17.2. The van der Waals surface area contributed by atoms with E-state index in [0.717, 1.165) is 44.5 Å². The minimum atomic E-state index is -0.843. The summed E-state index contributed by atoms with van der Waals surface area (Å²) >= 11 is 0. The van der Waals surface area contributed by atoms with E-state index in [0.29, 0.717) is 18.8 Å². The third-order valence-corrected chi connectivity index (χ3v) is 4.54. The summed E-state index contributed by atoms with van der Waals surface area (Å²) in [6.45, 7) is 1.67. The second-order valence-electron chi connectivity index (χ2n) is 6.41. The summed E-state index contributed by atoms with van der Waals surface area (Å²) in [5.74, 6) is -0.172. The number of carbonyl (C=O) groups excluding carboxylic acids is 1. The Morgan fingerprint density at radius 1 is 1.17 bits per heavy atom.